The van der Waals surface area contributed by atoms with Crippen molar-refractivity contribution in [3.05, 3.63) is 28.1 Å². The van der Waals surface area contributed by atoms with Gasteiger partial charge < -0.3 is 4.52 Å². The molecule has 1 unspecified atom stereocenters. The van der Waals surface area contributed by atoms with E-state index in [2.05, 4.69) is 22.4 Å². The van der Waals surface area contributed by atoms with E-state index in [1.165, 1.54) is 24.1 Å². The van der Waals surface area contributed by atoms with Crippen molar-refractivity contribution in [3.8, 4) is 0 Å². The van der Waals surface area contributed by atoms with E-state index in [4.69, 9.17) is 4.52 Å². The highest BCUT2D eigenvalue weighted by Gasteiger charge is 2.29. The number of aromatic nitrogens is 2. The van der Waals surface area contributed by atoms with Gasteiger partial charge in [-0.25, -0.2) is 4.98 Å². The zero-order valence-electron chi connectivity index (χ0n) is 13.3. The molecule has 1 amide bonds. The number of aryl methyl sites for hydroxylation is 1. The fourth-order valence-corrected chi connectivity index (χ4v) is 4.39. The lowest BCUT2D eigenvalue weighted by atomic mass is 9.88. The molecule has 4 rings (SSSR count). The van der Waals surface area contributed by atoms with Gasteiger partial charge in [-0.1, -0.05) is 24.9 Å². The summed E-state index contributed by atoms with van der Waals surface area (Å²) < 4.78 is 5.24. The van der Waals surface area contributed by atoms with E-state index in [0.717, 1.165) is 43.1 Å². The van der Waals surface area contributed by atoms with Crippen LogP contribution in [0.4, 0.5) is 5.13 Å². The molecule has 0 saturated heterocycles. The van der Waals surface area contributed by atoms with E-state index >= 15 is 0 Å². The van der Waals surface area contributed by atoms with Gasteiger partial charge in [-0.2, -0.15) is 0 Å². The van der Waals surface area contributed by atoms with Crippen LogP contribution >= 0.6 is 11.3 Å². The van der Waals surface area contributed by atoms with Gasteiger partial charge in [0.25, 0.3) is 5.91 Å². The van der Waals surface area contributed by atoms with Crippen molar-refractivity contribution < 1.29 is 9.32 Å². The van der Waals surface area contributed by atoms with Crippen molar-refractivity contribution in [3.63, 3.8) is 0 Å². The van der Waals surface area contributed by atoms with Crippen LogP contribution in [0.25, 0.3) is 0 Å². The molecular weight excluding hydrogens is 310 g/mol. The molecule has 0 spiro atoms. The first-order valence-electron chi connectivity index (χ1n) is 8.49. The van der Waals surface area contributed by atoms with Gasteiger partial charge in [-0.05, 0) is 38.0 Å². The Bertz CT molecular complexity index is 717. The van der Waals surface area contributed by atoms with Gasteiger partial charge >= 0.3 is 0 Å². The van der Waals surface area contributed by atoms with Gasteiger partial charge in [0, 0.05) is 16.9 Å². The summed E-state index contributed by atoms with van der Waals surface area (Å²) >= 11 is 1.61. The minimum Gasteiger partial charge on any atom is -0.360 e. The lowest BCUT2D eigenvalue weighted by Crippen LogP contribution is -2.13. The third-order valence-electron chi connectivity index (χ3n) is 4.70. The molecule has 2 aliphatic carbocycles. The van der Waals surface area contributed by atoms with E-state index in [-0.39, 0.29) is 5.91 Å². The molecular formula is C17H21N3O2S. The molecule has 0 aromatic carbocycles. The first kappa shape index (κ1) is 14.9. The molecule has 6 heteroatoms. The molecule has 0 bridgehead atoms. The summed E-state index contributed by atoms with van der Waals surface area (Å²) in [6.07, 6.45) is 8.13. The van der Waals surface area contributed by atoms with Gasteiger partial charge in [-0.15, -0.1) is 11.3 Å². The predicted octanol–water partition coefficient (Wildman–Crippen LogP) is 4.17. The highest BCUT2D eigenvalue weighted by Crippen LogP contribution is 2.40. The number of thiazole rings is 1. The largest absolute Gasteiger partial charge is 0.360 e. The second-order valence-corrected chi connectivity index (χ2v) is 7.71. The van der Waals surface area contributed by atoms with Crippen LogP contribution < -0.4 is 5.32 Å². The smallest absolute Gasteiger partial charge is 0.279 e. The molecule has 1 saturated carbocycles. The highest BCUT2D eigenvalue weighted by molar-refractivity contribution is 7.15. The fourth-order valence-electron chi connectivity index (χ4n) is 3.27. The lowest BCUT2D eigenvalue weighted by Gasteiger charge is -2.19. The number of hydrogen-bond acceptors (Lipinski definition) is 5. The lowest BCUT2D eigenvalue weighted by molar-refractivity contribution is 0.101. The predicted molar refractivity (Wildman–Crippen MR) is 89.0 cm³/mol. The number of carbonyl (C=O) groups excluding carboxylic acids is 1. The highest BCUT2D eigenvalue weighted by atomic mass is 32.1. The molecule has 2 aromatic rings. The monoisotopic (exact) mass is 331 g/mol. The first-order valence-corrected chi connectivity index (χ1v) is 9.31. The van der Waals surface area contributed by atoms with Crippen LogP contribution in [-0.4, -0.2) is 16.0 Å². The molecule has 5 nitrogen and oxygen atoms in total. The van der Waals surface area contributed by atoms with Crippen molar-refractivity contribution in [2.75, 3.05) is 5.32 Å². The summed E-state index contributed by atoms with van der Waals surface area (Å²) in [5, 5.41) is 7.45. The fraction of sp³-hybridized carbons (Fsp3) is 0.588. The van der Waals surface area contributed by atoms with E-state index in [1.807, 2.05) is 0 Å². The van der Waals surface area contributed by atoms with Gasteiger partial charge in [0.2, 0.25) is 0 Å². The Balaban J connectivity index is 1.43. The molecule has 0 radical (unpaired) electrons. The van der Waals surface area contributed by atoms with Gasteiger partial charge in [0.1, 0.15) is 5.76 Å². The summed E-state index contributed by atoms with van der Waals surface area (Å²) in [5.74, 6) is 1.84. The second kappa shape index (κ2) is 6.07. The minimum atomic E-state index is -0.225. The van der Waals surface area contributed by atoms with Crippen LogP contribution in [0.1, 0.15) is 71.8 Å². The number of anilines is 1. The van der Waals surface area contributed by atoms with Crippen LogP contribution in [0, 0.1) is 5.92 Å². The van der Waals surface area contributed by atoms with E-state index in [1.54, 1.807) is 17.4 Å². The zero-order chi connectivity index (χ0) is 15.8. The Labute approximate surface area is 139 Å². The quantitative estimate of drug-likeness (QED) is 0.893. The number of carbonyl (C=O) groups is 1. The Morgan fingerprint density at radius 3 is 3.09 bits per heavy atom. The topological polar surface area (TPSA) is 68.0 Å². The van der Waals surface area contributed by atoms with Crippen molar-refractivity contribution in [1.82, 2.24) is 10.1 Å². The Morgan fingerprint density at radius 2 is 2.30 bits per heavy atom. The number of nitrogens with zero attached hydrogens (tertiary/aromatic N) is 2. The molecule has 0 aliphatic heterocycles. The SMILES string of the molecule is CCCC1CCc2nc(NC(=O)c3cc(C4CC4)on3)sc2C1. The number of amides is 1. The maximum atomic E-state index is 12.3. The average Bonchev–Trinajstić information content (AvgIpc) is 3.12. The number of nitrogens with one attached hydrogen (secondary N) is 1. The van der Waals surface area contributed by atoms with Crippen LogP contribution in [0.2, 0.25) is 0 Å². The molecule has 1 N–H and O–H groups in total. The van der Waals surface area contributed by atoms with Crippen molar-refractivity contribution >= 4 is 22.4 Å². The van der Waals surface area contributed by atoms with Crippen molar-refractivity contribution in [2.24, 2.45) is 5.92 Å². The van der Waals surface area contributed by atoms with Crippen LogP contribution in [-0.2, 0) is 12.8 Å². The van der Waals surface area contributed by atoms with Gasteiger partial charge in [0.15, 0.2) is 10.8 Å². The van der Waals surface area contributed by atoms with Crippen molar-refractivity contribution in [1.29, 1.82) is 0 Å². The molecule has 122 valence electrons. The third-order valence-corrected chi connectivity index (χ3v) is 5.74. The molecule has 1 fully saturated rings. The van der Waals surface area contributed by atoms with E-state index in [0.29, 0.717) is 16.7 Å². The third kappa shape index (κ3) is 3.17. The van der Waals surface area contributed by atoms with Crippen molar-refractivity contribution in [2.45, 2.75) is 57.8 Å². The maximum absolute atomic E-state index is 12.3. The Hall–Kier alpha value is -1.69. The van der Waals surface area contributed by atoms with Crippen LogP contribution in [0.15, 0.2) is 10.6 Å². The molecule has 2 aromatic heterocycles. The van der Waals surface area contributed by atoms with E-state index < -0.39 is 0 Å². The summed E-state index contributed by atoms with van der Waals surface area (Å²) in [5.41, 5.74) is 1.51. The number of fused-ring (bicyclic) bond motifs is 1. The summed E-state index contributed by atoms with van der Waals surface area (Å²) in [7, 11) is 0. The van der Waals surface area contributed by atoms with Gasteiger partial charge in [0.05, 0.1) is 5.69 Å². The first-order chi connectivity index (χ1) is 11.2. The molecule has 2 aliphatic rings. The summed E-state index contributed by atoms with van der Waals surface area (Å²) in [4.78, 5) is 18.2. The molecule has 1 atom stereocenters. The normalized spacial score (nSPS) is 20.3. The standard InChI is InChI=1S/C17H21N3O2S/c1-2-3-10-4-7-12-15(8-10)23-17(18-12)19-16(21)13-9-14(22-20-13)11-5-6-11/h9-11H,2-8H2,1H3,(H,18,19,21). The zero-order valence-corrected chi connectivity index (χ0v) is 14.1. The van der Waals surface area contributed by atoms with Crippen LogP contribution in [0.5, 0.6) is 0 Å². The van der Waals surface area contributed by atoms with Crippen LogP contribution in [0.3, 0.4) is 0 Å². The molecule has 23 heavy (non-hydrogen) atoms. The second-order valence-electron chi connectivity index (χ2n) is 6.63. The summed E-state index contributed by atoms with van der Waals surface area (Å²) in [6, 6.07) is 1.76. The van der Waals surface area contributed by atoms with E-state index in [9.17, 15) is 4.79 Å². The summed E-state index contributed by atoms with van der Waals surface area (Å²) in [6.45, 7) is 2.24. The Kier molecular flexibility index (Phi) is 3.93. The minimum absolute atomic E-state index is 0.225. The average molecular weight is 331 g/mol. The number of hydrogen-bond donors (Lipinski definition) is 1. The molecule has 2 heterocycles. The van der Waals surface area contributed by atoms with Gasteiger partial charge in [-0.3, -0.25) is 10.1 Å². The number of rotatable bonds is 5. The Morgan fingerprint density at radius 1 is 1.43 bits per heavy atom. The maximum Gasteiger partial charge on any atom is 0.279 e.